The Labute approximate surface area is 131 Å². The van der Waals surface area contributed by atoms with Crippen LogP contribution in [0.15, 0.2) is 29.2 Å². The fourth-order valence-electron chi connectivity index (χ4n) is 4.17. The predicted octanol–water partition coefficient (Wildman–Crippen LogP) is 4.94. The number of benzene rings is 1. The molecule has 3 unspecified atom stereocenters. The Hall–Kier alpha value is -0.960. The standard InChI is InChI=1S/C18H24O2S/c1-2-13-6-5-9-18(10-13,17(19)20)11-14-12-21-16-8-4-3-7-15(14)16/h3-4,7-8,13-14H,2,5-6,9-12H2,1H3,(H,19,20). The highest BCUT2D eigenvalue weighted by molar-refractivity contribution is 7.99. The maximum absolute atomic E-state index is 12.0. The van der Waals surface area contributed by atoms with Crippen molar-refractivity contribution in [1.82, 2.24) is 0 Å². The quantitative estimate of drug-likeness (QED) is 0.856. The van der Waals surface area contributed by atoms with Crippen molar-refractivity contribution in [2.45, 2.75) is 56.3 Å². The monoisotopic (exact) mass is 304 g/mol. The molecule has 1 N–H and O–H groups in total. The summed E-state index contributed by atoms with van der Waals surface area (Å²) in [7, 11) is 0. The molecule has 3 atom stereocenters. The van der Waals surface area contributed by atoms with Crippen molar-refractivity contribution in [1.29, 1.82) is 0 Å². The molecule has 21 heavy (non-hydrogen) atoms. The van der Waals surface area contributed by atoms with Gasteiger partial charge in [-0.2, -0.15) is 0 Å². The maximum Gasteiger partial charge on any atom is 0.309 e. The molecule has 0 amide bonds. The first-order valence-electron chi connectivity index (χ1n) is 8.10. The van der Waals surface area contributed by atoms with Gasteiger partial charge < -0.3 is 5.11 Å². The van der Waals surface area contributed by atoms with E-state index in [2.05, 4.69) is 31.2 Å². The van der Waals surface area contributed by atoms with Gasteiger partial charge >= 0.3 is 5.97 Å². The van der Waals surface area contributed by atoms with Gasteiger partial charge in [0.1, 0.15) is 0 Å². The Morgan fingerprint density at radius 2 is 2.24 bits per heavy atom. The number of hydrogen-bond donors (Lipinski definition) is 1. The molecule has 1 aliphatic carbocycles. The number of hydrogen-bond acceptors (Lipinski definition) is 2. The van der Waals surface area contributed by atoms with Gasteiger partial charge in [0.25, 0.3) is 0 Å². The van der Waals surface area contributed by atoms with Gasteiger partial charge in [-0.05, 0) is 42.7 Å². The molecule has 0 bridgehead atoms. The highest BCUT2D eigenvalue weighted by atomic mass is 32.2. The Kier molecular flexibility index (Phi) is 4.30. The SMILES string of the molecule is CCC1CCCC(CC2CSc3ccccc32)(C(=O)O)C1. The minimum atomic E-state index is -0.560. The van der Waals surface area contributed by atoms with Gasteiger partial charge in [-0.15, -0.1) is 11.8 Å². The van der Waals surface area contributed by atoms with Crippen LogP contribution in [-0.4, -0.2) is 16.8 Å². The van der Waals surface area contributed by atoms with E-state index in [1.807, 2.05) is 11.8 Å². The second-order valence-corrected chi connectivity index (χ2v) is 7.77. The van der Waals surface area contributed by atoms with Gasteiger partial charge in [-0.25, -0.2) is 0 Å². The number of fused-ring (bicyclic) bond motifs is 1. The van der Waals surface area contributed by atoms with Crippen molar-refractivity contribution in [3.63, 3.8) is 0 Å². The predicted molar refractivity (Wildman–Crippen MR) is 86.8 cm³/mol. The van der Waals surface area contributed by atoms with Crippen molar-refractivity contribution in [2.75, 3.05) is 5.75 Å². The molecule has 2 nitrogen and oxygen atoms in total. The molecule has 1 saturated carbocycles. The van der Waals surface area contributed by atoms with Crippen molar-refractivity contribution < 1.29 is 9.90 Å². The summed E-state index contributed by atoms with van der Waals surface area (Å²) < 4.78 is 0. The summed E-state index contributed by atoms with van der Waals surface area (Å²) in [4.78, 5) is 13.4. The average molecular weight is 304 g/mol. The summed E-state index contributed by atoms with van der Waals surface area (Å²) in [5.74, 6) is 1.50. The fraction of sp³-hybridized carbons (Fsp3) is 0.611. The molecule has 2 aliphatic rings. The first kappa shape index (κ1) is 15.0. The van der Waals surface area contributed by atoms with Crippen LogP contribution < -0.4 is 0 Å². The number of rotatable bonds is 4. The topological polar surface area (TPSA) is 37.3 Å². The summed E-state index contributed by atoms with van der Waals surface area (Å²) in [6, 6.07) is 8.52. The molecule has 0 spiro atoms. The van der Waals surface area contributed by atoms with Crippen LogP contribution in [0.2, 0.25) is 0 Å². The van der Waals surface area contributed by atoms with Gasteiger partial charge in [-0.1, -0.05) is 44.4 Å². The molecular formula is C18H24O2S. The van der Waals surface area contributed by atoms with Crippen molar-refractivity contribution in [2.24, 2.45) is 11.3 Å². The van der Waals surface area contributed by atoms with Crippen LogP contribution >= 0.6 is 11.8 Å². The molecule has 114 valence electrons. The van der Waals surface area contributed by atoms with Crippen LogP contribution in [0, 0.1) is 11.3 Å². The number of carboxylic acids is 1. The number of thioether (sulfide) groups is 1. The van der Waals surface area contributed by atoms with E-state index in [9.17, 15) is 9.90 Å². The third-order valence-corrected chi connectivity index (χ3v) is 6.67. The molecular weight excluding hydrogens is 280 g/mol. The summed E-state index contributed by atoms with van der Waals surface area (Å²) in [6.07, 6.45) is 5.96. The first-order chi connectivity index (χ1) is 10.1. The van der Waals surface area contributed by atoms with Gasteiger partial charge in [0.2, 0.25) is 0 Å². The molecule has 3 rings (SSSR count). The summed E-state index contributed by atoms with van der Waals surface area (Å²) in [5, 5.41) is 9.90. The lowest BCUT2D eigenvalue weighted by atomic mass is 9.64. The van der Waals surface area contributed by atoms with E-state index in [0.717, 1.165) is 37.9 Å². The molecule has 3 heteroatoms. The van der Waals surface area contributed by atoms with Crippen molar-refractivity contribution in [3.05, 3.63) is 29.8 Å². The highest BCUT2D eigenvalue weighted by Crippen LogP contribution is 2.51. The average Bonchev–Trinajstić information content (AvgIpc) is 2.90. The van der Waals surface area contributed by atoms with Gasteiger partial charge in [0.15, 0.2) is 0 Å². The molecule has 1 aliphatic heterocycles. The molecule has 1 heterocycles. The summed E-state index contributed by atoms with van der Waals surface area (Å²) in [5.41, 5.74) is 0.892. The molecule has 0 aromatic heterocycles. The van der Waals surface area contributed by atoms with E-state index < -0.39 is 11.4 Å². The highest BCUT2D eigenvalue weighted by Gasteiger charge is 2.45. The van der Waals surface area contributed by atoms with E-state index in [4.69, 9.17) is 0 Å². The molecule has 0 radical (unpaired) electrons. The number of carbonyl (C=O) groups is 1. The van der Waals surface area contributed by atoms with E-state index >= 15 is 0 Å². The fourth-order valence-corrected chi connectivity index (χ4v) is 5.43. The van der Waals surface area contributed by atoms with Crippen LogP contribution in [-0.2, 0) is 4.79 Å². The normalized spacial score (nSPS) is 31.9. The van der Waals surface area contributed by atoms with E-state index in [1.54, 1.807) is 0 Å². The van der Waals surface area contributed by atoms with Gasteiger partial charge in [0, 0.05) is 10.6 Å². The third kappa shape index (κ3) is 2.85. The zero-order valence-electron chi connectivity index (χ0n) is 12.7. The lowest BCUT2D eigenvalue weighted by molar-refractivity contribution is -0.153. The van der Waals surface area contributed by atoms with Crippen LogP contribution in [0.1, 0.15) is 56.9 Å². The minimum Gasteiger partial charge on any atom is -0.481 e. The number of aliphatic carboxylic acids is 1. The van der Waals surface area contributed by atoms with E-state index in [0.29, 0.717) is 11.8 Å². The van der Waals surface area contributed by atoms with Crippen LogP contribution in [0.3, 0.4) is 0 Å². The largest absolute Gasteiger partial charge is 0.481 e. The van der Waals surface area contributed by atoms with E-state index in [-0.39, 0.29) is 0 Å². The van der Waals surface area contributed by atoms with Crippen LogP contribution in [0.25, 0.3) is 0 Å². The summed E-state index contributed by atoms with van der Waals surface area (Å²) in [6.45, 7) is 2.20. The van der Waals surface area contributed by atoms with Crippen LogP contribution in [0.4, 0.5) is 0 Å². The molecule has 1 aromatic rings. The first-order valence-corrected chi connectivity index (χ1v) is 9.08. The van der Waals surface area contributed by atoms with Gasteiger partial charge in [-0.3, -0.25) is 4.79 Å². The Morgan fingerprint density at radius 1 is 1.43 bits per heavy atom. The van der Waals surface area contributed by atoms with Gasteiger partial charge in [0.05, 0.1) is 5.41 Å². The zero-order valence-corrected chi connectivity index (χ0v) is 13.5. The molecule has 0 saturated heterocycles. The second-order valence-electron chi connectivity index (χ2n) is 6.71. The van der Waals surface area contributed by atoms with E-state index in [1.165, 1.54) is 16.9 Å². The molecule has 1 aromatic carbocycles. The lowest BCUT2D eigenvalue weighted by Gasteiger charge is -2.39. The minimum absolute atomic E-state index is 0.415. The van der Waals surface area contributed by atoms with Crippen molar-refractivity contribution >= 4 is 17.7 Å². The lowest BCUT2D eigenvalue weighted by Crippen LogP contribution is -2.38. The smallest absolute Gasteiger partial charge is 0.309 e. The second kappa shape index (κ2) is 6.04. The third-order valence-electron chi connectivity index (χ3n) is 5.41. The Bertz CT molecular complexity index is 528. The maximum atomic E-state index is 12.0. The molecule has 1 fully saturated rings. The number of carboxylic acid groups (broad SMARTS) is 1. The van der Waals surface area contributed by atoms with Crippen molar-refractivity contribution in [3.8, 4) is 0 Å². The van der Waals surface area contributed by atoms with Crippen LogP contribution in [0.5, 0.6) is 0 Å². The Balaban J connectivity index is 1.82. The Morgan fingerprint density at radius 3 is 3.00 bits per heavy atom. The summed E-state index contributed by atoms with van der Waals surface area (Å²) >= 11 is 1.89. The zero-order chi connectivity index (χ0) is 14.9.